The van der Waals surface area contributed by atoms with Crippen molar-refractivity contribution in [1.82, 2.24) is 10.0 Å². The smallest absolute Gasteiger partial charge is 0.236 e. The molecule has 0 radical (unpaired) electrons. The number of amides is 1. The van der Waals surface area contributed by atoms with Gasteiger partial charge in [-0.25, -0.2) is 13.1 Å². The maximum atomic E-state index is 11.8. The molecule has 0 spiro atoms. The summed E-state index contributed by atoms with van der Waals surface area (Å²) in [6.45, 7) is 1.26. The Morgan fingerprint density at radius 1 is 1.45 bits per heavy atom. The van der Waals surface area contributed by atoms with Gasteiger partial charge in [-0.2, -0.15) is 0 Å². The van der Waals surface area contributed by atoms with Crippen molar-refractivity contribution in [2.45, 2.75) is 18.7 Å². The predicted molar refractivity (Wildman–Crippen MR) is 78.5 cm³/mol. The third-order valence-corrected chi connectivity index (χ3v) is 4.03. The van der Waals surface area contributed by atoms with Crippen LogP contribution in [0.5, 0.6) is 0 Å². The van der Waals surface area contributed by atoms with Gasteiger partial charge in [-0.1, -0.05) is 35.7 Å². The molecule has 1 atom stereocenters. The van der Waals surface area contributed by atoms with E-state index in [2.05, 4.69) is 16.0 Å². The van der Waals surface area contributed by atoms with Gasteiger partial charge in [-0.15, -0.1) is 6.42 Å². The Morgan fingerprint density at radius 2 is 2.10 bits per heavy atom. The molecule has 0 aliphatic carbocycles. The summed E-state index contributed by atoms with van der Waals surface area (Å²) < 4.78 is 25.8. The molecule has 0 aliphatic heterocycles. The van der Waals surface area contributed by atoms with E-state index in [4.69, 9.17) is 18.0 Å². The summed E-state index contributed by atoms with van der Waals surface area (Å²) in [7, 11) is -3.64. The minimum absolute atomic E-state index is 0.287. The lowest BCUT2D eigenvalue weighted by Crippen LogP contribution is -2.40. The first-order chi connectivity index (χ1) is 9.34. The van der Waals surface area contributed by atoms with Crippen LogP contribution >= 0.6 is 11.6 Å². The molecule has 2 N–H and O–H groups in total. The summed E-state index contributed by atoms with van der Waals surface area (Å²) in [5.74, 6) is 1.54. The summed E-state index contributed by atoms with van der Waals surface area (Å²) in [5, 5.41) is 2.81. The van der Waals surface area contributed by atoms with Crippen molar-refractivity contribution in [2.24, 2.45) is 0 Å². The van der Waals surface area contributed by atoms with Gasteiger partial charge in [-0.3, -0.25) is 4.79 Å². The molecule has 0 bridgehead atoms. The largest absolute Gasteiger partial charge is 0.342 e. The van der Waals surface area contributed by atoms with Crippen LogP contribution in [0.25, 0.3) is 0 Å². The lowest BCUT2D eigenvalue weighted by Gasteiger charge is -2.10. The van der Waals surface area contributed by atoms with E-state index in [1.807, 2.05) is 0 Å². The first kappa shape index (κ1) is 16.5. The van der Waals surface area contributed by atoms with Gasteiger partial charge in [0.2, 0.25) is 15.9 Å². The van der Waals surface area contributed by atoms with Crippen LogP contribution in [0.3, 0.4) is 0 Å². The third-order valence-electron chi connectivity index (χ3n) is 2.38. The second-order valence-corrected chi connectivity index (χ2v) is 6.34. The van der Waals surface area contributed by atoms with Gasteiger partial charge in [0, 0.05) is 5.02 Å². The van der Waals surface area contributed by atoms with Crippen LogP contribution in [0.1, 0.15) is 12.5 Å². The Bertz CT molecular complexity index is 623. The number of sulfonamides is 1. The Labute approximate surface area is 123 Å². The number of nitrogens with one attached hydrogen (secondary N) is 2. The Balaban J connectivity index is 2.57. The molecular weight excluding hydrogens is 300 g/mol. The van der Waals surface area contributed by atoms with Crippen molar-refractivity contribution >= 4 is 27.5 Å². The van der Waals surface area contributed by atoms with Gasteiger partial charge >= 0.3 is 0 Å². The van der Waals surface area contributed by atoms with E-state index < -0.39 is 22.0 Å². The van der Waals surface area contributed by atoms with Crippen molar-refractivity contribution in [3.05, 3.63) is 34.9 Å². The Kier molecular flexibility index (Phi) is 6.02. The zero-order valence-electron chi connectivity index (χ0n) is 10.9. The second kappa shape index (κ2) is 7.29. The quantitative estimate of drug-likeness (QED) is 0.766. The summed E-state index contributed by atoms with van der Waals surface area (Å²) in [6, 6.07) is 6.17. The number of carbonyl (C=O) groups excluding carboxylic acids is 1. The van der Waals surface area contributed by atoms with Crippen LogP contribution in [0.4, 0.5) is 0 Å². The van der Waals surface area contributed by atoms with E-state index in [0.29, 0.717) is 10.6 Å². The molecule has 0 aromatic heterocycles. The molecule has 7 heteroatoms. The highest BCUT2D eigenvalue weighted by Crippen LogP contribution is 2.16. The monoisotopic (exact) mass is 314 g/mol. The zero-order chi connectivity index (χ0) is 15.2. The number of benzene rings is 1. The first-order valence-electron chi connectivity index (χ1n) is 5.80. The third kappa shape index (κ3) is 5.61. The van der Waals surface area contributed by atoms with E-state index in [1.165, 1.54) is 0 Å². The minimum atomic E-state index is -3.64. The first-order valence-corrected chi connectivity index (χ1v) is 7.83. The summed E-state index contributed by atoms with van der Waals surface area (Å²) >= 11 is 5.89. The maximum absolute atomic E-state index is 11.8. The normalized spacial score (nSPS) is 12.4. The zero-order valence-corrected chi connectivity index (χ0v) is 12.5. The number of rotatable bonds is 6. The van der Waals surface area contributed by atoms with E-state index in [1.54, 1.807) is 31.2 Å². The van der Waals surface area contributed by atoms with E-state index in [0.717, 1.165) is 0 Å². The van der Waals surface area contributed by atoms with Crippen LogP contribution in [-0.2, 0) is 20.6 Å². The van der Waals surface area contributed by atoms with E-state index >= 15 is 0 Å². The van der Waals surface area contributed by atoms with Gasteiger partial charge in [0.1, 0.15) is 0 Å². The molecule has 1 amide bonds. The lowest BCUT2D eigenvalue weighted by atomic mass is 10.2. The van der Waals surface area contributed by atoms with Crippen molar-refractivity contribution in [3.63, 3.8) is 0 Å². The molecule has 1 unspecified atom stereocenters. The van der Waals surface area contributed by atoms with Crippen LogP contribution in [0.15, 0.2) is 24.3 Å². The summed E-state index contributed by atoms with van der Waals surface area (Å²) in [4.78, 5) is 11.4. The number of halogens is 1. The molecule has 0 fully saturated rings. The summed E-state index contributed by atoms with van der Waals surface area (Å²) in [5.41, 5.74) is 0.471. The van der Waals surface area contributed by atoms with Gasteiger partial charge in [-0.05, 0) is 18.6 Å². The molecule has 1 aromatic rings. The average molecular weight is 315 g/mol. The fourth-order valence-corrected chi connectivity index (χ4v) is 2.78. The number of terminal acetylenes is 1. The van der Waals surface area contributed by atoms with Gasteiger partial charge in [0.05, 0.1) is 18.3 Å². The SMILES string of the molecule is C#CC(C)NC(=O)CNS(=O)(=O)Cc1ccccc1Cl. The average Bonchev–Trinajstić information content (AvgIpc) is 2.39. The number of hydrogen-bond donors (Lipinski definition) is 2. The van der Waals surface area contributed by atoms with Crippen molar-refractivity contribution in [2.75, 3.05) is 6.54 Å². The Morgan fingerprint density at radius 3 is 2.70 bits per heavy atom. The molecule has 1 rings (SSSR count). The molecule has 108 valence electrons. The van der Waals surface area contributed by atoms with Gasteiger partial charge in [0.25, 0.3) is 0 Å². The van der Waals surface area contributed by atoms with E-state index in [9.17, 15) is 13.2 Å². The van der Waals surface area contributed by atoms with Crippen molar-refractivity contribution < 1.29 is 13.2 Å². The van der Waals surface area contributed by atoms with Gasteiger partial charge < -0.3 is 5.32 Å². The predicted octanol–water partition coefficient (Wildman–Crippen LogP) is 0.897. The highest BCUT2D eigenvalue weighted by Gasteiger charge is 2.15. The van der Waals surface area contributed by atoms with Crippen LogP contribution < -0.4 is 10.0 Å². The Hall–Kier alpha value is -1.55. The highest BCUT2D eigenvalue weighted by molar-refractivity contribution is 7.88. The molecule has 0 aliphatic rings. The number of carbonyl (C=O) groups is 1. The molecule has 5 nitrogen and oxygen atoms in total. The minimum Gasteiger partial charge on any atom is -0.342 e. The van der Waals surface area contributed by atoms with Crippen molar-refractivity contribution in [3.8, 4) is 12.3 Å². The summed E-state index contributed by atoms with van der Waals surface area (Å²) in [6.07, 6.45) is 5.10. The molecule has 1 aromatic carbocycles. The molecular formula is C13H15ClN2O3S. The van der Waals surface area contributed by atoms with Crippen LogP contribution in [0, 0.1) is 12.3 Å². The second-order valence-electron chi connectivity index (χ2n) is 4.13. The topological polar surface area (TPSA) is 75.3 Å². The highest BCUT2D eigenvalue weighted by atomic mass is 35.5. The van der Waals surface area contributed by atoms with Crippen molar-refractivity contribution in [1.29, 1.82) is 0 Å². The molecule has 20 heavy (non-hydrogen) atoms. The van der Waals surface area contributed by atoms with E-state index in [-0.39, 0.29) is 12.3 Å². The fraction of sp³-hybridized carbons (Fsp3) is 0.308. The maximum Gasteiger partial charge on any atom is 0.236 e. The fourth-order valence-electron chi connectivity index (χ4n) is 1.38. The van der Waals surface area contributed by atoms with Gasteiger partial charge in [0.15, 0.2) is 0 Å². The molecule has 0 heterocycles. The standard InChI is InChI=1S/C13H15ClN2O3S/c1-3-10(2)16-13(17)8-15-20(18,19)9-11-6-4-5-7-12(11)14/h1,4-7,10,15H,8-9H2,2H3,(H,16,17). The molecule has 0 saturated heterocycles. The lowest BCUT2D eigenvalue weighted by molar-refractivity contribution is -0.120. The molecule has 0 saturated carbocycles. The number of hydrogen-bond acceptors (Lipinski definition) is 3. The van der Waals surface area contributed by atoms with Crippen LogP contribution in [-0.4, -0.2) is 26.9 Å². The van der Waals surface area contributed by atoms with Crippen LogP contribution in [0.2, 0.25) is 5.02 Å².